The van der Waals surface area contributed by atoms with Gasteiger partial charge in [0.25, 0.3) is 0 Å². The molecule has 16 heteroatoms. The second kappa shape index (κ2) is 15.1. The van der Waals surface area contributed by atoms with Crippen molar-refractivity contribution in [1.82, 2.24) is 0 Å². The minimum absolute atomic E-state index is 0.0833. The molecule has 146 valence electrons. The van der Waals surface area contributed by atoms with Gasteiger partial charge in [-0.2, -0.15) is 0 Å². The predicted molar refractivity (Wildman–Crippen MR) is 75.1 cm³/mol. The Labute approximate surface area is 140 Å². The molecule has 25 heavy (non-hydrogen) atoms. The van der Waals surface area contributed by atoms with E-state index in [0.29, 0.717) is 0 Å². The molecule has 0 heterocycles. The molecule has 19 N–H and O–H groups in total. The Hall–Kier alpha value is -3.82. The summed E-state index contributed by atoms with van der Waals surface area (Å²) in [6, 6.07) is 0. The highest BCUT2D eigenvalue weighted by Crippen LogP contribution is 2.13. The number of nitrogens with two attached hydrogens (primary N) is 9. The Kier molecular flexibility index (Phi) is 17.6. The van der Waals surface area contributed by atoms with Gasteiger partial charge in [-0.3, -0.25) is 50.6 Å². The van der Waals surface area contributed by atoms with Crippen molar-refractivity contribution < 1.29 is 51.0 Å². The van der Waals surface area contributed by atoms with Crippen LogP contribution in [0.4, 0.5) is 0 Å². The highest BCUT2D eigenvalue weighted by Gasteiger charge is 2.29. The van der Waals surface area contributed by atoms with Crippen LogP contribution in [-0.4, -0.2) is 46.5 Å². The van der Waals surface area contributed by atoms with Crippen LogP contribution >= 0.6 is 0 Å². The van der Waals surface area contributed by atoms with E-state index < -0.39 is 36.4 Å². The molecular weight excluding hydrogens is 346 g/mol. The van der Waals surface area contributed by atoms with Crippen LogP contribution in [0.25, 0.3) is 0 Å². The number of aliphatic hydroxyl groups is 1. The Balaban J connectivity index is -0.000000150. The van der Waals surface area contributed by atoms with E-state index in [1.807, 2.05) is 0 Å². The average molecular weight is 369 g/mol. The fourth-order valence-electron chi connectivity index (χ4n) is 0.684. The van der Waals surface area contributed by atoms with Gasteiger partial charge in [-0.05, 0) is 0 Å². The average Bonchev–Trinajstić information content (AvgIpc) is 2.22. The molecule has 0 aliphatic heterocycles. The molecule has 0 spiro atoms. The van der Waals surface area contributed by atoms with E-state index in [1.54, 1.807) is 0 Å². The van der Waals surface area contributed by atoms with Crippen LogP contribution in [0.5, 0.6) is 0 Å². The van der Waals surface area contributed by atoms with Gasteiger partial charge in [0.15, 0.2) is 0 Å². The highest BCUT2D eigenvalue weighted by molar-refractivity contribution is 5.86. The third-order valence-electron chi connectivity index (χ3n) is 1.25. The molecule has 0 aliphatic carbocycles. The molecule has 0 saturated carbocycles. The Morgan fingerprint density at radius 2 is 0.880 bits per heavy atom. The van der Waals surface area contributed by atoms with Gasteiger partial charge in [-0.15, -0.1) is 0 Å². The smallest absolute Gasteiger partial charge is 0.336 e. The summed E-state index contributed by atoms with van der Waals surface area (Å²) in [6.07, 6.45) is -2.72. The maximum atomic E-state index is 10.1. The molecule has 0 aromatic carbocycles. The van der Waals surface area contributed by atoms with E-state index in [-0.39, 0.29) is 17.9 Å². The maximum Gasteiger partial charge on any atom is 0.336 e. The van der Waals surface area contributed by atoms with Gasteiger partial charge in [0.2, 0.25) is 0 Å². The van der Waals surface area contributed by atoms with Gasteiger partial charge < -0.3 is 34.8 Å². The second-order valence-electron chi connectivity index (χ2n) is 3.92. The van der Waals surface area contributed by atoms with Crippen LogP contribution in [0.3, 0.4) is 0 Å². The van der Waals surface area contributed by atoms with Crippen molar-refractivity contribution in [2.45, 2.75) is 18.4 Å². The lowest BCUT2D eigenvalue weighted by atomic mass is 9.96. The molecule has 0 amide bonds. The zero-order valence-corrected chi connectivity index (χ0v) is 13.0. The molecule has 0 radical (unpaired) electrons. The first-order chi connectivity index (χ1) is 11.0. The summed E-state index contributed by atoms with van der Waals surface area (Å²) >= 11 is 0. The third kappa shape index (κ3) is 45.0. The van der Waals surface area contributed by atoms with Crippen molar-refractivity contribution in [3.05, 3.63) is 0 Å². The summed E-state index contributed by atoms with van der Waals surface area (Å²) in [7, 11) is 0. The molecular formula is C9H23N9O7. The molecule has 0 fully saturated rings. The fraction of sp³-hybridized carbons (Fsp3) is 0.333. The van der Waals surface area contributed by atoms with Gasteiger partial charge >= 0.3 is 17.9 Å². The minimum Gasteiger partial charge on any atom is -0.550 e. The molecule has 0 atom stereocenters. The molecule has 0 rings (SSSR count). The fourth-order valence-corrected chi connectivity index (χ4v) is 0.684. The lowest BCUT2D eigenvalue weighted by Gasteiger charge is -2.29. The summed E-state index contributed by atoms with van der Waals surface area (Å²) in [6.45, 7) is 0. The second-order valence-corrected chi connectivity index (χ2v) is 3.92. The van der Waals surface area contributed by atoms with E-state index in [1.165, 1.54) is 0 Å². The Morgan fingerprint density at radius 3 is 0.960 bits per heavy atom. The monoisotopic (exact) mass is 369 g/mol. The normalized spacial score (nSPS) is 8.52. The van der Waals surface area contributed by atoms with Crippen molar-refractivity contribution in [3.8, 4) is 0 Å². The summed E-state index contributed by atoms with van der Waals surface area (Å²) in [5, 5.41) is 52.7. The molecule has 0 aliphatic rings. The SMILES string of the molecule is NC(N)=[NH2+].NC(N)=[NH2+].NC(N)=[NH2+].O=C([O-])CC(O)(CC(=O)[O-])C(=O)[O-]. The standard InChI is InChI=1S/C6H8O7.3CH5N3/c7-3(8)1-6(13,5(11)12)2-4(9)10;3*2-1(3)4/h13H,1-2H2,(H,7,8)(H,9,10)(H,11,12);3*(H5,2,3,4). The first kappa shape index (κ1) is 29.2. The van der Waals surface area contributed by atoms with Crippen LogP contribution in [-0.2, 0) is 14.4 Å². The molecule has 0 aromatic heterocycles. The molecule has 0 saturated heterocycles. The number of carboxylic acid groups (broad SMARTS) is 3. The van der Waals surface area contributed by atoms with E-state index in [2.05, 4.69) is 50.6 Å². The zero-order chi connectivity index (χ0) is 21.4. The van der Waals surface area contributed by atoms with Crippen LogP contribution in [0.2, 0.25) is 0 Å². The largest absolute Gasteiger partial charge is 0.550 e. The van der Waals surface area contributed by atoms with Gasteiger partial charge in [-0.25, -0.2) is 0 Å². The molecule has 0 aromatic rings. The van der Waals surface area contributed by atoms with Crippen LogP contribution in [0, 0.1) is 0 Å². The highest BCUT2D eigenvalue weighted by atomic mass is 16.4. The zero-order valence-electron chi connectivity index (χ0n) is 13.0. The number of carbonyl (C=O) groups excluding carboxylic acids is 3. The molecule has 16 nitrogen and oxygen atoms in total. The van der Waals surface area contributed by atoms with Crippen molar-refractivity contribution in [2.75, 3.05) is 0 Å². The topological polar surface area (TPSA) is 374 Å². The van der Waals surface area contributed by atoms with Crippen LogP contribution < -0.4 is 65.9 Å². The number of carbonyl (C=O) groups is 3. The Morgan fingerprint density at radius 1 is 0.720 bits per heavy atom. The van der Waals surface area contributed by atoms with E-state index >= 15 is 0 Å². The summed E-state index contributed by atoms with van der Waals surface area (Å²) in [5.74, 6) is -6.23. The van der Waals surface area contributed by atoms with E-state index in [9.17, 15) is 29.7 Å². The van der Waals surface area contributed by atoms with Crippen molar-refractivity contribution in [2.24, 2.45) is 34.4 Å². The van der Waals surface area contributed by atoms with Gasteiger partial charge in [0.1, 0.15) is 5.60 Å². The van der Waals surface area contributed by atoms with E-state index in [4.69, 9.17) is 5.11 Å². The van der Waals surface area contributed by atoms with Crippen LogP contribution in [0.15, 0.2) is 0 Å². The lowest BCUT2D eigenvalue weighted by Crippen LogP contribution is -2.54. The number of carboxylic acids is 3. The number of guanidine groups is 3. The van der Waals surface area contributed by atoms with Crippen molar-refractivity contribution >= 4 is 35.8 Å². The number of rotatable bonds is 5. The first-order valence-electron chi connectivity index (χ1n) is 5.71. The summed E-state index contributed by atoms with van der Waals surface area (Å²) in [5.41, 5.74) is 24.5. The van der Waals surface area contributed by atoms with E-state index in [0.717, 1.165) is 0 Å². The summed E-state index contributed by atoms with van der Waals surface area (Å²) in [4.78, 5) is 30.0. The molecule has 0 bridgehead atoms. The minimum atomic E-state index is -2.97. The number of hydrogen-bond donors (Lipinski definition) is 10. The van der Waals surface area contributed by atoms with Crippen LogP contribution in [0.1, 0.15) is 12.8 Å². The third-order valence-corrected chi connectivity index (χ3v) is 1.25. The van der Waals surface area contributed by atoms with Gasteiger partial charge in [-0.1, -0.05) is 0 Å². The lowest BCUT2D eigenvalue weighted by molar-refractivity contribution is -0.339. The summed E-state index contributed by atoms with van der Waals surface area (Å²) < 4.78 is 0. The maximum absolute atomic E-state index is 10.1. The first-order valence-corrected chi connectivity index (χ1v) is 5.71. The van der Waals surface area contributed by atoms with Gasteiger partial charge in [0, 0.05) is 24.8 Å². The predicted octanol–water partition coefficient (Wildman–Crippen LogP) is -14.2. The van der Waals surface area contributed by atoms with Crippen molar-refractivity contribution in [3.63, 3.8) is 0 Å². The van der Waals surface area contributed by atoms with Crippen molar-refractivity contribution in [1.29, 1.82) is 0 Å². The number of hydrogen-bond acceptors (Lipinski definition) is 7. The quantitative estimate of drug-likeness (QED) is 0.159. The van der Waals surface area contributed by atoms with Gasteiger partial charge in [0.05, 0.1) is 5.97 Å². The molecule has 0 unspecified atom stereocenters. The Bertz CT molecular complexity index is 437. The number of aliphatic carboxylic acids is 3.